The Kier molecular flexibility index (Phi) is 6.50. The molecule has 6 heteroatoms. The molecule has 0 aromatic carbocycles. The third-order valence-corrected chi connectivity index (χ3v) is 2.32. The lowest BCUT2D eigenvalue weighted by Crippen LogP contribution is -2.04. The van der Waals surface area contributed by atoms with Crippen molar-refractivity contribution in [1.82, 2.24) is 4.98 Å². The maximum atomic E-state index is 8.48. The van der Waals surface area contributed by atoms with E-state index in [9.17, 15) is 0 Å². The van der Waals surface area contributed by atoms with Crippen LogP contribution in [0.4, 0.5) is 0 Å². The molecular formula is C9H11ClN4S. The second-order valence-corrected chi connectivity index (χ2v) is 3.66. The van der Waals surface area contributed by atoms with Crippen LogP contribution in [0.3, 0.4) is 0 Å². The highest BCUT2D eigenvalue weighted by Crippen LogP contribution is 2.11. The number of rotatable bonds is 3. The number of nitrogens with zero attached hydrogens (tertiary/aromatic N) is 2. The Balaban J connectivity index is 0.00000196. The van der Waals surface area contributed by atoms with Gasteiger partial charge in [0, 0.05) is 11.9 Å². The van der Waals surface area contributed by atoms with E-state index in [4.69, 9.17) is 16.4 Å². The lowest BCUT2D eigenvalue weighted by Gasteiger charge is -2.00. The van der Waals surface area contributed by atoms with Crippen LogP contribution >= 0.6 is 24.2 Å². The monoisotopic (exact) mass is 242 g/mol. The molecule has 0 spiro atoms. The van der Waals surface area contributed by atoms with Gasteiger partial charge in [-0.1, -0.05) is 11.8 Å². The van der Waals surface area contributed by atoms with Gasteiger partial charge in [-0.25, -0.2) is 0 Å². The maximum Gasteiger partial charge on any atom is 0.151 e. The Hall–Kier alpha value is -1.25. The average Bonchev–Trinajstić information content (AvgIpc) is 2.16. The average molecular weight is 243 g/mol. The number of thioether (sulfide) groups is 1. The molecule has 0 saturated heterocycles. The number of nitrogens with one attached hydrogen (secondary N) is 1. The van der Waals surface area contributed by atoms with E-state index >= 15 is 0 Å². The molecule has 0 unspecified atom stereocenters. The predicted octanol–water partition coefficient (Wildman–Crippen LogP) is 1.70. The van der Waals surface area contributed by atoms with E-state index in [0.29, 0.717) is 12.2 Å². The number of nitrogens with two attached hydrogens (primary N) is 1. The van der Waals surface area contributed by atoms with Crippen LogP contribution in [0.25, 0.3) is 0 Å². The first-order valence-corrected chi connectivity index (χ1v) is 4.98. The molecule has 0 aliphatic carbocycles. The fourth-order valence-corrected chi connectivity index (χ4v) is 1.46. The first-order valence-electron chi connectivity index (χ1n) is 4.00. The summed E-state index contributed by atoms with van der Waals surface area (Å²) in [7, 11) is 0. The molecule has 0 amide bonds. The highest BCUT2D eigenvalue weighted by atomic mass is 35.5. The molecule has 4 nitrogen and oxygen atoms in total. The minimum absolute atomic E-state index is 0. The largest absolute Gasteiger partial charge is 0.379 e. The van der Waals surface area contributed by atoms with Crippen molar-refractivity contribution in [3.63, 3.8) is 0 Å². The molecule has 15 heavy (non-hydrogen) atoms. The van der Waals surface area contributed by atoms with Gasteiger partial charge in [0.25, 0.3) is 0 Å². The highest BCUT2D eigenvalue weighted by Gasteiger charge is 1.98. The van der Waals surface area contributed by atoms with Crippen LogP contribution in [0.2, 0.25) is 0 Å². The summed E-state index contributed by atoms with van der Waals surface area (Å²) in [6.45, 7) is 0. The quantitative estimate of drug-likeness (QED) is 0.624. The minimum atomic E-state index is 0. The van der Waals surface area contributed by atoms with E-state index in [0.717, 1.165) is 11.3 Å². The fourth-order valence-electron chi connectivity index (χ4n) is 0.957. The second kappa shape index (κ2) is 7.10. The van der Waals surface area contributed by atoms with Crippen molar-refractivity contribution >= 4 is 29.3 Å². The summed E-state index contributed by atoms with van der Waals surface area (Å²) < 4.78 is 0. The molecule has 1 rings (SSSR count). The Morgan fingerprint density at radius 1 is 1.67 bits per heavy atom. The predicted molar refractivity (Wildman–Crippen MR) is 64.0 cm³/mol. The number of amidine groups is 1. The lowest BCUT2D eigenvalue weighted by molar-refractivity contribution is 1.10. The van der Waals surface area contributed by atoms with Crippen molar-refractivity contribution in [1.29, 1.82) is 10.7 Å². The third-order valence-electron chi connectivity index (χ3n) is 1.54. The van der Waals surface area contributed by atoms with Gasteiger partial charge < -0.3 is 5.73 Å². The molecule has 1 heterocycles. The summed E-state index contributed by atoms with van der Waals surface area (Å²) >= 11 is 1.26. The van der Waals surface area contributed by atoms with E-state index in [2.05, 4.69) is 4.98 Å². The minimum Gasteiger partial charge on any atom is -0.379 e. The molecule has 0 aliphatic heterocycles. The van der Waals surface area contributed by atoms with Gasteiger partial charge in [-0.15, -0.1) is 12.4 Å². The summed E-state index contributed by atoms with van der Waals surface area (Å²) in [4.78, 5) is 4.04. The summed E-state index contributed by atoms with van der Waals surface area (Å²) in [5.41, 5.74) is 7.01. The Bertz CT molecular complexity index is 375. The van der Waals surface area contributed by atoms with Gasteiger partial charge in [-0.3, -0.25) is 10.4 Å². The van der Waals surface area contributed by atoms with Gasteiger partial charge in [0.1, 0.15) is 0 Å². The molecule has 1 aromatic rings. The van der Waals surface area contributed by atoms with Crippen LogP contribution in [-0.2, 0) is 12.2 Å². The molecule has 3 N–H and O–H groups in total. The number of pyridine rings is 1. The van der Waals surface area contributed by atoms with Crippen molar-refractivity contribution in [2.75, 3.05) is 0 Å². The number of aromatic nitrogens is 1. The molecule has 0 bridgehead atoms. The molecule has 0 radical (unpaired) electrons. The lowest BCUT2D eigenvalue weighted by atomic mass is 10.2. The normalized spacial score (nSPS) is 8.73. The zero-order valence-electron chi connectivity index (χ0n) is 7.93. The number of nitriles is 1. The molecule has 0 fully saturated rings. The van der Waals surface area contributed by atoms with Crippen LogP contribution in [-0.4, -0.2) is 10.2 Å². The molecule has 0 atom stereocenters. The highest BCUT2D eigenvalue weighted by molar-refractivity contribution is 8.13. The van der Waals surface area contributed by atoms with E-state index in [1.807, 2.05) is 18.2 Å². The van der Waals surface area contributed by atoms with Crippen LogP contribution in [0, 0.1) is 16.7 Å². The zero-order valence-corrected chi connectivity index (χ0v) is 9.57. The topological polar surface area (TPSA) is 86.5 Å². The molecular weight excluding hydrogens is 232 g/mol. The van der Waals surface area contributed by atoms with E-state index in [1.54, 1.807) is 6.20 Å². The van der Waals surface area contributed by atoms with Crippen molar-refractivity contribution < 1.29 is 0 Å². The van der Waals surface area contributed by atoms with Crippen molar-refractivity contribution in [3.8, 4) is 6.07 Å². The van der Waals surface area contributed by atoms with E-state index in [-0.39, 0.29) is 17.6 Å². The first kappa shape index (κ1) is 13.8. The van der Waals surface area contributed by atoms with Gasteiger partial charge in [-0.2, -0.15) is 5.26 Å². The SMILES string of the molecule is Cl.N#CCc1cc(CSC(=N)N)ccn1. The summed E-state index contributed by atoms with van der Waals surface area (Å²) in [5.74, 6) is 0.649. The van der Waals surface area contributed by atoms with Crippen LogP contribution in [0.5, 0.6) is 0 Å². The number of halogens is 1. The van der Waals surface area contributed by atoms with Crippen molar-refractivity contribution in [3.05, 3.63) is 29.6 Å². The van der Waals surface area contributed by atoms with Crippen LogP contribution in [0.15, 0.2) is 18.3 Å². The van der Waals surface area contributed by atoms with Gasteiger partial charge >= 0.3 is 0 Å². The Morgan fingerprint density at radius 2 is 2.40 bits per heavy atom. The molecule has 0 aliphatic rings. The van der Waals surface area contributed by atoms with Gasteiger partial charge in [0.15, 0.2) is 5.17 Å². The third kappa shape index (κ3) is 5.25. The van der Waals surface area contributed by atoms with Crippen LogP contribution < -0.4 is 5.73 Å². The summed E-state index contributed by atoms with van der Waals surface area (Å²) in [6, 6.07) is 5.76. The number of hydrogen-bond donors (Lipinski definition) is 2. The fraction of sp³-hybridized carbons (Fsp3) is 0.222. The molecule has 80 valence electrons. The standard InChI is InChI=1S/C9H10N4S.ClH/c10-3-1-8-5-7(2-4-13-8)6-14-9(11)12;/h2,4-5H,1,6H2,(H3,11,12);1H. The van der Waals surface area contributed by atoms with Crippen molar-refractivity contribution in [2.45, 2.75) is 12.2 Å². The zero-order chi connectivity index (χ0) is 10.4. The Morgan fingerprint density at radius 3 is 3.00 bits per heavy atom. The van der Waals surface area contributed by atoms with Crippen molar-refractivity contribution in [2.24, 2.45) is 5.73 Å². The summed E-state index contributed by atoms with van der Waals surface area (Å²) in [5, 5.41) is 15.6. The van der Waals surface area contributed by atoms with Gasteiger partial charge in [0.05, 0.1) is 18.2 Å². The second-order valence-electron chi connectivity index (χ2n) is 2.64. The van der Waals surface area contributed by atoms with E-state index in [1.165, 1.54) is 11.8 Å². The first-order chi connectivity index (χ1) is 6.72. The van der Waals surface area contributed by atoms with Gasteiger partial charge in [0.2, 0.25) is 0 Å². The molecule has 1 aromatic heterocycles. The smallest absolute Gasteiger partial charge is 0.151 e. The molecule has 0 saturated carbocycles. The van der Waals surface area contributed by atoms with Gasteiger partial charge in [-0.05, 0) is 17.7 Å². The number of hydrogen-bond acceptors (Lipinski definition) is 4. The maximum absolute atomic E-state index is 8.48. The van der Waals surface area contributed by atoms with Crippen LogP contribution in [0.1, 0.15) is 11.3 Å². The Labute approximate surface area is 98.8 Å². The van der Waals surface area contributed by atoms with E-state index < -0.39 is 0 Å². The summed E-state index contributed by atoms with van der Waals surface area (Å²) in [6.07, 6.45) is 1.99.